The average Bonchev–Trinajstić information content (AvgIpc) is 2.47. The van der Waals surface area contributed by atoms with E-state index in [-0.39, 0.29) is 23.3 Å². The summed E-state index contributed by atoms with van der Waals surface area (Å²) in [5.41, 5.74) is 0.468. The van der Waals surface area contributed by atoms with E-state index in [4.69, 9.17) is 4.74 Å². The van der Waals surface area contributed by atoms with E-state index in [9.17, 15) is 14.7 Å². The molecule has 20 heavy (non-hydrogen) atoms. The van der Waals surface area contributed by atoms with Crippen LogP contribution in [-0.2, 0) is 4.79 Å². The number of methoxy groups -OCH3 is 1. The molecule has 1 saturated heterocycles. The Morgan fingerprint density at radius 3 is 2.30 bits per heavy atom. The van der Waals surface area contributed by atoms with Gasteiger partial charge in [0.15, 0.2) is 11.5 Å². The smallest absolute Gasteiger partial charge is 0.254 e. The van der Waals surface area contributed by atoms with E-state index >= 15 is 0 Å². The van der Waals surface area contributed by atoms with Crippen LogP contribution >= 0.6 is 0 Å². The highest BCUT2D eigenvalue weighted by atomic mass is 16.5. The van der Waals surface area contributed by atoms with Crippen LogP contribution in [-0.4, -0.2) is 60.0 Å². The van der Waals surface area contributed by atoms with Crippen LogP contribution in [0.1, 0.15) is 17.3 Å². The molecular weight excluding hydrogens is 260 g/mol. The summed E-state index contributed by atoms with van der Waals surface area (Å²) in [6.45, 7) is 3.66. The Labute approximate surface area is 117 Å². The van der Waals surface area contributed by atoms with Crippen molar-refractivity contribution >= 4 is 11.8 Å². The van der Waals surface area contributed by atoms with Crippen LogP contribution in [0.25, 0.3) is 0 Å². The number of phenolic OH excluding ortho intramolecular Hbond substituents is 1. The van der Waals surface area contributed by atoms with E-state index in [0.29, 0.717) is 31.7 Å². The molecule has 6 heteroatoms. The second-order valence-corrected chi connectivity index (χ2v) is 4.68. The number of nitrogens with zero attached hydrogens (tertiary/aromatic N) is 2. The van der Waals surface area contributed by atoms with E-state index in [1.54, 1.807) is 15.9 Å². The molecule has 0 bridgehead atoms. The number of carbonyl (C=O) groups excluding carboxylic acids is 2. The summed E-state index contributed by atoms with van der Waals surface area (Å²) >= 11 is 0. The lowest BCUT2D eigenvalue weighted by Crippen LogP contribution is -2.50. The SMILES string of the molecule is COc1cc(C(=O)N2CCN(C(C)=O)CC2)ccc1O. The van der Waals surface area contributed by atoms with Crippen LogP contribution in [0.4, 0.5) is 0 Å². The van der Waals surface area contributed by atoms with Crippen LogP contribution in [0.15, 0.2) is 18.2 Å². The van der Waals surface area contributed by atoms with Gasteiger partial charge in [-0.3, -0.25) is 9.59 Å². The van der Waals surface area contributed by atoms with Crippen LogP contribution in [0.5, 0.6) is 11.5 Å². The van der Waals surface area contributed by atoms with E-state index in [1.807, 2.05) is 0 Å². The van der Waals surface area contributed by atoms with Gasteiger partial charge in [-0.15, -0.1) is 0 Å². The van der Waals surface area contributed by atoms with Crippen molar-refractivity contribution in [1.82, 2.24) is 9.80 Å². The number of phenols is 1. The average molecular weight is 278 g/mol. The van der Waals surface area contributed by atoms with E-state index < -0.39 is 0 Å². The third-order valence-electron chi connectivity index (χ3n) is 3.44. The first-order valence-electron chi connectivity index (χ1n) is 6.44. The van der Waals surface area contributed by atoms with Crippen LogP contribution in [0.3, 0.4) is 0 Å². The van der Waals surface area contributed by atoms with Crippen LogP contribution < -0.4 is 4.74 Å². The molecule has 6 nitrogen and oxygen atoms in total. The maximum absolute atomic E-state index is 12.3. The number of hydrogen-bond donors (Lipinski definition) is 1. The van der Waals surface area contributed by atoms with E-state index in [2.05, 4.69) is 0 Å². The van der Waals surface area contributed by atoms with Gasteiger partial charge in [-0.1, -0.05) is 0 Å². The summed E-state index contributed by atoms with van der Waals surface area (Å²) in [7, 11) is 1.44. The van der Waals surface area contributed by atoms with Crippen molar-refractivity contribution in [3.63, 3.8) is 0 Å². The van der Waals surface area contributed by atoms with Gasteiger partial charge in [-0.25, -0.2) is 0 Å². The number of aromatic hydroxyl groups is 1. The maximum atomic E-state index is 12.3. The highest BCUT2D eigenvalue weighted by Crippen LogP contribution is 2.26. The minimum atomic E-state index is -0.119. The fraction of sp³-hybridized carbons (Fsp3) is 0.429. The molecule has 0 spiro atoms. The molecule has 0 aliphatic carbocycles. The standard InChI is InChI=1S/C14H18N2O4/c1-10(17)15-5-7-16(8-6-15)14(19)11-3-4-12(18)13(9-11)20-2/h3-4,9,18H,5-8H2,1-2H3. The Morgan fingerprint density at radius 1 is 1.15 bits per heavy atom. The zero-order valence-corrected chi connectivity index (χ0v) is 11.6. The second-order valence-electron chi connectivity index (χ2n) is 4.68. The number of rotatable bonds is 2. The second kappa shape index (κ2) is 5.81. The predicted molar refractivity (Wildman–Crippen MR) is 72.8 cm³/mol. The lowest BCUT2D eigenvalue weighted by atomic mass is 10.1. The fourth-order valence-corrected chi connectivity index (χ4v) is 2.22. The highest BCUT2D eigenvalue weighted by Gasteiger charge is 2.23. The third-order valence-corrected chi connectivity index (χ3v) is 3.44. The Morgan fingerprint density at radius 2 is 1.75 bits per heavy atom. The summed E-state index contributed by atoms with van der Waals surface area (Å²) in [6, 6.07) is 4.53. The van der Waals surface area contributed by atoms with Crippen LogP contribution in [0, 0.1) is 0 Å². The molecule has 0 atom stereocenters. The van der Waals surface area contributed by atoms with Gasteiger partial charge < -0.3 is 19.6 Å². The van der Waals surface area contributed by atoms with Crippen molar-refractivity contribution < 1.29 is 19.4 Å². The Bertz CT molecular complexity index is 522. The molecule has 1 N–H and O–H groups in total. The summed E-state index contributed by atoms with van der Waals surface area (Å²) in [6.07, 6.45) is 0. The van der Waals surface area contributed by atoms with Gasteiger partial charge in [-0.2, -0.15) is 0 Å². The first-order valence-corrected chi connectivity index (χ1v) is 6.44. The van der Waals surface area contributed by atoms with Gasteiger partial charge in [0.05, 0.1) is 7.11 Å². The lowest BCUT2D eigenvalue weighted by molar-refractivity contribution is -0.130. The summed E-state index contributed by atoms with van der Waals surface area (Å²) < 4.78 is 5.00. The summed E-state index contributed by atoms with van der Waals surface area (Å²) in [4.78, 5) is 27.0. The minimum absolute atomic E-state index is 0.00505. The number of benzene rings is 1. The molecule has 108 valence electrons. The summed E-state index contributed by atoms with van der Waals surface area (Å²) in [5, 5.41) is 9.53. The molecule has 1 heterocycles. The minimum Gasteiger partial charge on any atom is -0.504 e. The highest BCUT2D eigenvalue weighted by molar-refractivity contribution is 5.95. The third kappa shape index (κ3) is 2.84. The molecule has 1 aliphatic heterocycles. The first kappa shape index (κ1) is 14.2. The number of hydrogen-bond acceptors (Lipinski definition) is 4. The van der Waals surface area contributed by atoms with Crippen molar-refractivity contribution in [1.29, 1.82) is 0 Å². The maximum Gasteiger partial charge on any atom is 0.254 e. The van der Waals surface area contributed by atoms with Crippen molar-refractivity contribution in [2.24, 2.45) is 0 Å². The van der Waals surface area contributed by atoms with Crippen molar-refractivity contribution in [2.45, 2.75) is 6.92 Å². The van der Waals surface area contributed by atoms with Crippen molar-refractivity contribution in [3.05, 3.63) is 23.8 Å². The predicted octanol–water partition coefficient (Wildman–Crippen LogP) is 0.705. The van der Waals surface area contributed by atoms with Gasteiger partial charge in [-0.05, 0) is 18.2 Å². The first-order chi connectivity index (χ1) is 9.52. The molecule has 1 fully saturated rings. The van der Waals surface area contributed by atoms with Crippen molar-refractivity contribution in [2.75, 3.05) is 33.3 Å². The molecule has 0 radical (unpaired) electrons. The van der Waals surface area contributed by atoms with Crippen LogP contribution in [0.2, 0.25) is 0 Å². The Hall–Kier alpha value is -2.24. The molecule has 2 amide bonds. The molecule has 2 rings (SSSR count). The molecule has 1 aromatic rings. The molecule has 0 unspecified atom stereocenters. The van der Waals surface area contributed by atoms with Gasteiger partial charge in [0.2, 0.25) is 5.91 Å². The zero-order valence-electron chi connectivity index (χ0n) is 11.6. The number of carbonyl (C=O) groups is 2. The van der Waals surface area contributed by atoms with Crippen molar-refractivity contribution in [3.8, 4) is 11.5 Å². The van der Waals surface area contributed by atoms with Gasteiger partial charge >= 0.3 is 0 Å². The van der Waals surface area contributed by atoms with E-state index in [1.165, 1.54) is 26.2 Å². The monoisotopic (exact) mass is 278 g/mol. The molecular formula is C14H18N2O4. The number of amides is 2. The zero-order chi connectivity index (χ0) is 14.7. The van der Waals surface area contributed by atoms with E-state index in [0.717, 1.165) is 0 Å². The molecule has 1 aromatic carbocycles. The molecule has 0 aromatic heterocycles. The Balaban J connectivity index is 2.07. The summed E-state index contributed by atoms with van der Waals surface area (Å²) in [5.74, 6) is 0.193. The van der Waals surface area contributed by atoms with Gasteiger partial charge in [0, 0.05) is 38.7 Å². The quantitative estimate of drug-likeness (QED) is 0.864. The fourth-order valence-electron chi connectivity index (χ4n) is 2.22. The van der Waals surface area contributed by atoms with Gasteiger partial charge in [0.25, 0.3) is 5.91 Å². The normalized spacial score (nSPS) is 15.1. The molecule has 0 saturated carbocycles. The topological polar surface area (TPSA) is 70.1 Å². The lowest BCUT2D eigenvalue weighted by Gasteiger charge is -2.34. The number of piperazine rings is 1. The van der Waals surface area contributed by atoms with Gasteiger partial charge in [0.1, 0.15) is 0 Å². The number of ether oxygens (including phenoxy) is 1. The largest absolute Gasteiger partial charge is 0.504 e. The molecule has 1 aliphatic rings. The Kier molecular flexibility index (Phi) is 4.12.